The van der Waals surface area contributed by atoms with Gasteiger partial charge in [-0.2, -0.15) is 0 Å². The number of morpholine rings is 1. The molecule has 0 aliphatic carbocycles. The summed E-state index contributed by atoms with van der Waals surface area (Å²) in [5, 5.41) is 0. The predicted molar refractivity (Wildman–Crippen MR) is 73.7 cm³/mol. The molecule has 1 aliphatic rings. The molecule has 100 valence electrons. The van der Waals surface area contributed by atoms with Gasteiger partial charge in [0.25, 0.3) is 0 Å². The van der Waals surface area contributed by atoms with Gasteiger partial charge in [-0.15, -0.1) is 0 Å². The number of nitrogens with two attached hydrogens (primary N) is 1. The topological polar surface area (TPSA) is 51.4 Å². The molecule has 1 saturated heterocycles. The Morgan fingerprint density at radius 2 is 2.33 bits per heavy atom. The van der Waals surface area contributed by atoms with Gasteiger partial charge in [0, 0.05) is 12.6 Å². The number of aromatic nitrogens is 1. The molecule has 2 unspecified atom stereocenters. The van der Waals surface area contributed by atoms with E-state index in [0.717, 1.165) is 38.3 Å². The first-order chi connectivity index (χ1) is 8.76. The van der Waals surface area contributed by atoms with Crippen molar-refractivity contribution in [2.45, 2.75) is 38.8 Å². The zero-order chi connectivity index (χ0) is 13.0. The summed E-state index contributed by atoms with van der Waals surface area (Å²) in [5.41, 5.74) is 8.13. The maximum absolute atomic E-state index is 5.98. The van der Waals surface area contributed by atoms with Gasteiger partial charge in [-0.05, 0) is 25.0 Å². The minimum Gasteiger partial charge on any atom is -0.377 e. The van der Waals surface area contributed by atoms with Crippen LogP contribution in [0.25, 0.3) is 0 Å². The monoisotopic (exact) mass is 249 g/mol. The highest BCUT2D eigenvalue weighted by Crippen LogP contribution is 2.22. The second-order valence-corrected chi connectivity index (χ2v) is 4.79. The van der Waals surface area contributed by atoms with Crippen molar-refractivity contribution in [3.05, 3.63) is 24.0 Å². The molecule has 0 amide bonds. The summed E-state index contributed by atoms with van der Waals surface area (Å²) >= 11 is 0. The van der Waals surface area contributed by atoms with Crippen molar-refractivity contribution in [2.75, 3.05) is 24.7 Å². The summed E-state index contributed by atoms with van der Waals surface area (Å²) in [6.45, 7) is 6.83. The molecule has 1 aromatic rings. The largest absolute Gasteiger partial charge is 0.377 e. The molecule has 2 rings (SSSR count). The molecule has 4 heteroatoms. The molecule has 1 aliphatic heterocycles. The van der Waals surface area contributed by atoms with Gasteiger partial charge in [0.05, 0.1) is 36.8 Å². The average Bonchev–Trinajstić information content (AvgIpc) is 2.46. The Labute approximate surface area is 109 Å². The van der Waals surface area contributed by atoms with Crippen molar-refractivity contribution in [1.29, 1.82) is 0 Å². The lowest BCUT2D eigenvalue weighted by Gasteiger charge is -2.36. The van der Waals surface area contributed by atoms with Crippen LogP contribution in [0.1, 0.15) is 38.4 Å². The highest BCUT2D eigenvalue weighted by Gasteiger charge is 2.21. The maximum atomic E-state index is 5.98. The van der Waals surface area contributed by atoms with Gasteiger partial charge in [0.2, 0.25) is 0 Å². The third-order valence-electron chi connectivity index (χ3n) is 3.62. The van der Waals surface area contributed by atoms with Crippen molar-refractivity contribution >= 4 is 5.69 Å². The fraction of sp³-hybridized carbons (Fsp3) is 0.643. The number of anilines is 1. The van der Waals surface area contributed by atoms with E-state index in [1.807, 2.05) is 12.3 Å². The first-order valence-corrected chi connectivity index (χ1v) is 6.82. The normalized spacial score (nSPS) is 21.9. The number of hydrogen-bond donors (Lipinski definition) is 1. The number of ether oxygens (including phenoxy) is 1. The van der Waals surface area contributed by atoms with Crippen LogP contribution in [0.3, 0.4) is 0 Å². The molecule has 0 saturated carbocycles. The Bertz CT molecular complexity index is 366. The summed E-state index contributed by atoms with van der Waals surface area (Å²) in [5.74, 6) is 0. The Balaban J connectivity index is 2.12. The number of pyridine rings is 1. The van der Waals surface area contributed by atoms with Gasteiger partial charge < -0.3 is 15.4 Å². The molecule has 18 heavy (non-hydrogen) atoms. The molecule has 1 fully saturated rings. The van der Waals surface area contributed by atoms with Gasteiger partial charge in [-0.1, -0.05) is 13.8 Å². The van der Waals surface area contributed by atoms with Crippen LogP contribution in [0, 0.1) is 0 Å². The zero-order valence-corrected chi connectivity index (χ0v) is 11.3. The molecule has 2 atom stereocenters. The van der Waals surface area contributed by atoms with Crippen molar-refractivity contribution < 1.29 is 4.74 Å². The molecule has 2 heterocycles. The smallest absolute Gasteiger partial charge is 0.0670 e. The lowest BCUT2D eigenvalue weighted by atomic mass is 10.1. The second kappa shape index (κ2) is 6.16. The summed E-state index contributed by atoms with van der Waals surface area (Å²) in [6.07, 6.45) is 3.95. The van der Waals surface area contributed by atoms with Crippen molar-refractivity contribution in [3.63, 3.8) is 0 Å². The van der Waals surface area contributed by atoms with Crippen molar-refractivity contribution in [1.82, 2.24) is 4.98 Å². The van der Waals surface area contributed by atoms with E-state index in [-0.39, 0.29) is 6.04 Å². The lowest BCUT2D eigenvalue weighted by molar-refractivity contribution is 0.0929. The van der Waals surface area contributed by atoms with Crippen LogP contribution in [0.5, 0.6) is 0 Å². The van der Waals surface area contributed by atoms with Crippen LogP contribution in [0.2, 0.25) is 0 Å². The Morgan fingerprint density at radius 3 is 2.94 bits per heavy atom. The first-order valence-electron chi connectivity index (χ1n) is 6.82. The van der Waals surface area contributed by atoms with Crippen molar-refractivity contribution in [2.24, 2.45) is 5.73 Å². The van der Waals surface area contributed by atoms with E-state index in [9.17, 15) is 0 Å². The third kappa shape index (κ3) is 2.82. The van der Waals surface area contributed by atoms with E-state index in [0.29, 0.717) is 6.04 Å². The van der Waals surface area contributed by atoms with E-state index in [1.165, 1.54) is 5.69 Å². The van der Waals surface area contributed by atoms with Crippen LogP contribution >= 0.6 is 0 Å². The molecule has 0 bridgehead atoms. The summed E-state index contributed by atoms with van der Waals surface area (Å²) in [7, 11) is 0. The summed E-state index contributed by atoms with van der Waals surface area (Å²) < 4.78 is 5.52. The maximum Gasteiger partial charge on any atom is 0.0670 e. The standard InChI is InChI=1S/C14H23N3O/c1-3-11-10-18-8-7-17(11)12-5-6-14(16-9-12)13(15)4-2/h5-6,9,11,13H,3-4,7-8,10,15H2,1-2H3. The highest BCUT2D eigenvalue weighted by atomic mass is 16.5. The van der Waals surface area contributed by atoms with Gasteiger partial charge in [0.15, 0.2) is 0 Å². The third-order valence-corrected chi connectivity index (χ3v) is 3.62. The van der Waals surface area contributed by atoms with Gasteiger partial charge in [-0.3, -0.25) is 4.98 Å². The number of nitrogens with zero attached hydrogens (tertiary/aromatic N) is 2. The van der Waals surface area contributed by atoms with Crippen LogP contribution < -0.4 is 10.6 Å². The molecule has 0 spiro atoms. The first kappa shape index (κ1) is 13.3. The minimum absolute atomic E-state index is 0.0470. The Morgan fingerprint density at radius 1 is 1.50 bits per heavy atom. The summed E-state index contributed by atoms with van der Waals surface area (Å²) in [4.78, 5) is 6.87. The van der Waals surface area contributed by atoms with Crippen LogP contribution in [-0.4, -0.2) is 30.8 Å². The fourth-order valence-electron chi connectivity index (χ4n) is 2.33. The molecule has 2 N–H and O–H groups in total. The zero-order valence-electron chi connectivity index (χ0n) is 11.3. The molecular formula is C14H23N3O. The SMILES string of the molecule is CCC(N)c1ccc(N2CCOCC2CC)cn1. The molecule has 0 aromatic carbocycles. The van der Waals surface area contributed by atoms with Gasteiger partial charge in [-0.25, -0.2) is 0 Å². The van der Waals surface area contributed by atoms with Crippen LogP contribution in [0.4, 0.5) is 5.69 Å². The number of rotatable bonds is 4. The quantitative estimate of drug-likeness (QED) is 0.888. The van der Waals surface area contributed by atoms with E-state index < -0.39 is 0 Å². The van der Waals surface area contributed by atoms with Gasteiger partial charge in [0.1, 0.15) is 0 Å². The molecule has 4 nitrogen and oxygen atoms in total. The predicted octanol–water partition coefficient (Wildman–Crippen LogP) is 2.11. The van der Waals surface area contributed by atoms with E-state index >= 15 is 0 Å². The van der Waals surface area contributed by atoms with E-state index in [2.05, 4.69) is 29.8 Å². The summed E-state index contributed by atoms with van der Waals surface area (Å²) in [6, 6.07) is 4.69. The molecular weight excluding hydrogens is 226 g/mol. The Kier molecular flexibility index (Phi) is 4.55. The van der Waals surface area contributed by atoms with Gasteiger partial charge >= 0.3 is 0 Å². The second-order valence-electron chi connectivity index (χ2n) is 4.79. The fourth-order valence-corrected chi connectivity index (χ4v) is 2.33. The van der Waals surface area contributed by atoms with E-state index in [4.69, 9.17) is 10.5 Å². The number of hydrogen-bond acceptors (Lipinski definition) is 4. The molecule has 0 radical (unpaired) electrons. The molecule has 1 aromatic heterocycles. The van der Waals surface area contributed by atoms with E-state index in [1.54, 1.807) is 0 Å². The highest BCUT2D eigenvalue weighted by molar-refractivity contribution is 5.46. The average molecular weight is 249 g/mol. The lowest BCUT2D eigenvalue weighted by Crippen LogP contribution is -2.45. The van der Waals surface area contributed by atoms with Crippen LogP contribution in [-0.2, 0) is 4.74 Å². The minimum atomic E-state index is 0.0470. The Hall–Kier alpha value is -1.13. The van der Waals surface area contributed by atoms with Crippen LogP contribution in [0.15, 0.2) is 18.3 Å². The van der Waals surface area contributed by atoms with Crippen molar-refractivity contribution in [3.8, 4) is 0 Å².